The van der Waals surface area contributed by atoms with E-state index in [0.717, 1.165) is 18.8 Å². The highest BCUT2D eigenvalue weighted by atomic mass is 16.5. The summed E-state index contributed by atoms with van der Waals surface area (Å²) in [6, 6.07) is 28.5. The van der Waals surface area contributed by atoms with E-state index in [-0.39, 0.29) is 11.8 Å². The van der Waals surface area contributed by atoms with E-state index in [1.165, 1.54) is 11.1 Å². The first kappa shape index (κ1) is 19.2. The number of para-hydroxylation sites is 1. The lowest BCUT2D eigenvalue weighted by atomic mass is 9.91. The Kier molecular flexibility index (Phi) is 6.22. The average Bonchev–Trinajstić information content (AvgIpc) is 2.81. The molecule has 3 aromatic carbocycles. The van der Waals surface area contributed by atoms with Crippen LogP contribution in [0.4, 0.5) is 5.69 Å². The first-order chi connectivity index (χ1) is 14.3. The molecule has 3 aromatic rings. The second kappa shape index (κ2) is 9.39. The van der Waals surface area contributed by atoms with Crippen LogP contribution in [0.3, 0.4) is 0 Å². The largest absolute Gasteiger partial charge is 0.378 e. The molecule has 0 aromatic heterocycles. The van der Waals surface area contributed by atoms with E-state index in [1.54, 1.807) is 0 Å². The molecule has 0 saturated carbocycles. The molecular formula is C25H26N2O2. The molecule has 1 aliphatic heterocycles. The molecule has 4 nitrogen and oxygen atoms in total. The zero-order chi connectivity index (χ0) is 19.9. The molecule has 0 aliphatic carbocycles. The first-order valence-corrected chi connectivity index (χ1v) is 10.1. The fourth-order valence-electron chi connectivity index (χ4n) is 3.83. The van der Waals surface area contributed by atoms with Crippen molar-refractivity contribution in [3.63, 3.8) is 0 Å². The van der Waals surface area contributed by atoms with Gasteiger partial charge in [-0.25, -0.2) is 0 Å². The van der Waals surface area contributed by atoms with E-state index < -0.39 is 0 Å². The SMILES string of the molecule is O=C(NCC(c1ccccc1)c1ccccc1)c1ccccc1N1CCOCC1. The maximum atomic E-state index is 13.1. The normalized spacial score (nSPS) is 14.0. The second-order valence-electron chi connectivity index (χ2n) is 7.20. The highest BCUT2D eigenvalue weighted by molar-refractivity contribution is 5.99. The van der Waals surface area contributed by atoms with Crippen molar-refractivity contribution in [1.29, 1.82) is 0 Å². The minimum absolute atomic E-state index is 0.0380. The van der Waals surface area contributed by atoms with Crippen molar-refractivity contribution in [1.82, 2.24) is 5.32 Å². The van der Waals surface area contributed by atoms with Crippen LogP contribution >= 0.6 is 0 Å². The number of morpholine rings is 1. The van der Waals surface area contributed by atoms with Crippen molar-refractivity contribution < 1.29 is 9.53 Å². The van der Waals surface area contributed by atoms with Crippen LogP contribution in [0, 0.1) is 0 Å². The Bertz CT molecular complexity index is 882. The van der Waals surface area contributed by atoms with Gasteiger partial charge in [0.15, 0.2) is 0 Å². The number of anilines is 1. The zero-order valence-corrected chi connectivity index (χ0v) is 16.5. The summed E-state index contributed by atoms with van der Waals surface area (Å²) in [5, 5.41) is 3.18. The van der Waals surface area contributed by atoms with Crippen LogP contribution in [0.15, 0.2) is 84.9 Å². The standard InChI is InChI=1S/C25H26N2O2/c28-25(22-13-7-8-14-24(22)27-15-17-29-18-16-27)26-19-23(20-9-3-1-4-10-20)21-11-5-2-6-12-21/h1-14,23H,15-19H2,(H,26,28). The summed E-state index contributed by atoms with van der Waals surface area (Å²) in [4.78, 5) is 15.3. The van der Waals surface area contributed by atoms with Crippen LogP contribution in [-0.4, -0.2) is 38.8 Å². The van der Waals surface area contributed by atoms with Crippen molar-refractivity contribution >= 4 is 11.6 Å². The Morgan fingerprint density at radius 3 is 2.00 bits per heavy atom. The number of hydrogen-bond acceptors (Lipinski definition) is 3. The van der Waals surface area contributed by atoms with E-state index in [4.69, 9.17) is 4.74 Å². The smallest absolute Gasteiger partial charge is 0.253 e. The van der Waals surface area contributed by atoms with E-state index >= 15 is 0 Å². The van der Waals surface area contributed by atoms with E-state index in [0.29, 0.717) is 25.3 Å². The Morgan fingerprint density at radius 2 is 1.38 bits per heavy atom. The Labute approximate surface area is 172 Å². The van der Waals surface area contributed by atoms with Gasteiger partial charge in [-0.1, -0.05) is 72.8 Å². The van der Waals surface area contributed by atoms with Crippen LogP contribution in [0.2, 0.25) is 0 Å². The third kappa shape index (κ3) is 4.66. The summed E-state index contributed by atoms with van der Waals surface area (Å²) in [6.07, 6.45) is 0. The van der Waals surface area contributed by atoms with Gasteiger partial charge < -0.3 is 15.0 Å². The number of nitrogens with one attached hydrogen (secondary N) is 1. The summed E-state index contributed by atoms with van der Waals surface area (Å²) in [6.45, 7) is 3.55. The molecular weight excluding hydrogens is 360 g/mol. The molecule has 4 rings (SSSR count). The van der Waals surface area contributed by atoms with Gasteiger partial charge in [0.05, 0.1) is 18.8 Å². The topological polar surface area (TPSA) is 41.6 Å². The van der Waals surface area contributed by atoms with Gasteiger partial charge in [-0.05, 0) is 23.3 Å². The number of rotatable bonds is 6. The minimum Gasteiger partial charge on any atom is -0.378 e. The van der Waals surface area contributed by atoms with E-state index in [2.05, 4.69) is 34.5 Å². The number of amides is 1. The van der Waals surface area contributed by atoms with Crippen LogP contribution in [0.25, 0.3) is 0 Å². The lowest BCUT2D eigenvalue weighted by Gasteiger charge is -2.30. The lowest BCUT2D eigenvalue weighted by molar-refractivity contribution is 0.0951. The molecule has 1 N–H and O–H groups in total. The van der Waals surface area contributed by atoms with Crippen molar-refractivity contribution in [3.8, 4) is 0 Å². The third-order valence-electron chi connectivity index (χ3n) is 5.37. The summed E-state index contributed by atoms with van der Waals surface area (Å²) in [7, 11) is 0. The number of hydrogen-bond donors (Lipinski definition) is 1. The summed E-state index contributed by atoms with van der Waals surface area (Å²) >= 11 is 0. The summed E-state index contributed by atoms with van der Waals surface area (Å²) in [5.74, 6) is 0.0702. The summed E-state index contributed by atoms with van der Waals surface area (Å²) < 4.78 is 5.46. The van der Waals surface area contributed by atoms with Gasteiger partial charge in [0.1, 0.15) is 0 Å². The number of carbonyl (C=O) groups is 1. The number of nitrogens with zero attached hydrogens (tertiary/aromatic N) is 1. The van der Waals surface area contributed by atoms with Crippen molar-refractivity contribution in [2.75, 3.05) is 37.7 Å². The highest BCUT2D eigenvalue weighted by Gasteiger charge is 2.20. The van der Waals surface area contributed by atoms with Gasteiger partial charge in [0.25, 0.3) is 5.91 Å². The molecule has 29 heavy (non-hydrogen) atoms. The minimum atomic E-state index is -0.0380. The van der Waals surface area contributed by atoms with Gasteiger partial charge in [-0.15, -0.1) is 0 Å². The molecule has 0 bridgehead atoms. The first-order valence-electron chi connectivity index (χ1n) is 10.1. The van der Waals surface area contributed by atoms with Gasteiger partial charge >= 0.3 is 0 Å². The van der Waals surface area contributed by atoms with Gasteiger partial charge in [-0.3, -0.25) is 4.79 Å². The molecule has 148 valence electrons. The third-order valence-corrected chi connectivity index (χ3v) is 5.37. The molecule has 0 atom stereocenters. The van der Waals surface area contributed by atoms with Crippen LogP contribution in [-0.2, 0) is 4.74 Å². The van der Waals surface area contributed by atoms with Crippen LogP contribution in [0.1, 0.15) is 27.4 Å². The number of benzene rings is 3. The lowest BCUT2D eigenvalue weighted by Crippen LogP contribution is -2.38. The molecule has 1 aliphatic rings. The van der Waals surface area contributed by atoms with E-state index in [1.807, 2.05) is 60.7 Å². The fourth-order valence-corrected chi connectivity index (χ4v) is 3.83. The molecule has 0 spiro atoms. The molecule has 1 fully saturated rings. The Hall–Kier alpha value is -3.11. The molecule has 1 amide bonds. The van der Waals surface area contributed by atoms with Crippen LogP contribution < -0.4 is 10.2 Å². The molecule has 4 heteroatoms. The van der Waals surface area contributed by atoms with Crippen molar-refractivity contribution in [3.05, 3.63) is 102 Å². The molecule has 1 saturated heterocycles. The Balaban J connectivity index is 1.53. The number of carbonyl (C=O) groups excluding carboxylic acids is 1. The average molecular weight is 386 g/mol. The maximum absolute atomic E-state index is 13.1. The predicted molar refractivity (Wildman–Crippen MR) is 117 cm³/mol. The fraction of sp³-hybridized carbons (Fsp3) is 0.240. The van der Waals surface area contributed by atoms with Gasteiger partial charge in [0.2, 0.25) is 0 Å². The second-order valence-corrected chi connectivity index (χ2v) is 7.20. The van der Waals surface area contributed by atoms with Gasteiger partial charge in [0, 0.05) is 31.2 Å². The monoisotopic (exact) mass is 386 g/mol. The highest BCUT2D eigenvalue weighted by Crippen LogP contribution is 2.25. The van der Waals surface area contributed by atoms with Crippen LogP contribution in [0.5, 0.6) is 0 Å². The maximum Gasteiger partial charge on any atom is 0.253 e. The number of ether oxygens (including phenoxy) is 1. The predicted octanol–water partition coefficient (Wildman–Crippen LogP) is 4.09. The zero-order valence-electron chi connectivity index (χ0n) is 16.5. The quantitative estimate of drug-likeness (QED) is 0.694. The van der Waals surface area contributed by atoms with Crippen molar-refractivity contribution in [2.24, 2.45) is 0 Å². The molecule has 0 radical (unpaired) electrons. The van der Waals surface area contributed by atoms with Crippen molar-refractivity contribution in [2.45, 2.75) is 5.92 Å². The van der Waals surface area contributed by atoms with E-state index in [9.17, 15) is 4.79 Å². The Morgan fingerprint density at radius 1 is 0.828 bits per heavy atom. The van der Waals surface area contributed by atoms with Gasteiger partial charge in [-0.2, -0.15) is 0 Å². The molecule has 0 unspecified atom stereocenters. The molecule has 1 heterocycles. The summed E-state index contributed by atoms with van der Waals surface area (Å²) in [5.41, 5.74) is 4.08.